The van der Waals surface area contributed by atoms with E-state index in [0.717, 1.165) is 24.8 Å². The van der Waals surface area contributed by atoms with Gasteiger partial charge < -0.3 is 9.84 Å². The Balaban J connectivity index is 1.68. The van der Waals surface area contributed by atoms with Gasteiger partial charge in [0, 0.05) is 31.1 Å². The summed E-state index contributed by atoms with van der Waals surface area (Å²) in [5.41, 5.74) is 0.944. The Morgan fingerprint density at radius 1 is 1.09 bits per heavy atom. The summed E-state index contributed by atoms with van der Waals surface area (Å²) in [5.74, 6) is -6.61. The summed E-state index contributed by atoms with van der Waals surface area (Å²) in [6.45, 7) is 3.46. The van der Waals surface area contributed by atoms with E-state index in [0.29, 0.717) is 25.7 Å². The van der Waals surface area contributed by atoms with Gasteiger partial charge in [-0.15, -0.1) is 0 Å². The van der Waals surface area contributed by atoms with Gasteiger partial charge in [0.2, 0.25) is 5.78 Å². The maximum absolute atomic E-state index is 14.3. The summed E-state index contributed by atoms with van der Waals surface area (Å²) in [5, 5.41) is 10.3. The van der Waals surface area contributed by atoms with Crippen molar-refractivity contribution >= 4 is 17.5 Å². The Bertz CT molecular complexity index is 811. The largest absolute Gasteiger partial charge is 0.461 e. The van der Waals surface area contributed by atoms with E-state index in [9.17, 15) is 28.3 Å². The lowest BCUT2D eigenvalue weighted by molar-refractivity contribution is -0.151. The van der Waals surface area contributed by atoms with Gasteiger partial charge >= 0.3 is 11.9 Å². The van der Waals surface area contributed by atoms with Gasteiger partial charge in [0.1, 0.15) is 12.4 Å². The van der Waals surface area contributed by atoms with Gasteiger partial charge in [-0.05, 0) is 37.2 Å². The number of hydrogen-bond donors (Lipinski definition) is 1. The molecule has 5 nitrogen and oxygen atoms in total. The molecule has 0 saturated heterocycles. The van der Waals surface area contributed by atoms with Crippen LogP contribution in [0.15, 0.2) is 30.3 Å². The number of carbonyl (C=O) groups is 3. The Morgan fingerprint density at radius 2 is 1.77 bits per heavy atom. The van der Waals surface area contributed by atoms with Crippen molar-refractivity contribution in [2.24, 2.45) is 17.8 Å². The Kier molecular flexibility index (Phi) is 12.0. The van der Waals surface area contributed by atoms with Crippen LogP contribution in [0.4, 0.5) is 8.78 Å². The molecule has 1 saturated carbocycles. The molecule has 0 aromatic heterocycles. The van der Waals surface area contributed by atoms with Gasteiger partial charge in [0.15, 0.2) is 0 Å². The third-order valence-corrected chi connectivity index (χ3v) is 7.14. The topological polar surface area (TPSA) is 80.7 Å². The molecule has 0 heterocycles. The first-order valence-electron chi connectivity index (χ1n) is 13.0. The van der Waals surface area contributed by atoms with E-state index in [-0.39, 0.29) is 44.0 Å². The van der Waals surface area contributed by atoms with Crippen LogP contribution in [0.2, 0.25) is 0 Å². The fourth-order valence-electron chi connectivity index (χ4n) is 4.94. The van der Waals surface area contributed by atoms with E-state index in [2.05, 4.69) is 0 Å². The average molecular weight is 495 g/mol. The predicted octanol–water partition coefficient (Wildman–Crippen LogP) is 6.06. The molecule has 1 N–H and O–H groups in total. The van der Waals surface area contributed by atoms with Gasteiger partial charge in [-0.25, -0.2) is 0 Å². The first-order chi connectivity index (χ1) is 16.7. The molecule has 35 heavy (non-hydrogen) atoms. The maximum atomic E-state index is 14.3. The standard InChI is InChI=1S/C28H40F2O5/c1-3-11-20(2)28(29,30)26(33)17-16-23-22(24(31)18-25(23)32)14-9-4-5-10-15-27(34)35-19-21-12-7-6-8-13-21/h6-8,12-13,20,22-23,25,32H,3-5,9-11,14-19H2,1-2H3/t20-,22-,23-,25-/m1/s1. The van der Waals surface area contributed by atoms with Crippen LogP contribution in [0.1, 0.15) is 90.0 Å². The molecule has 0 radical (unpaired) electrons. The van der Waals surface area contributed by atoms with Crippen LogP contribution >= 0.6 is 0 Å². The van der Waals surface area contributed by atoms with E-state index in [1.807, 2.05) is 30.3 Å². The maximum Gasteiger partial charge on any atom is 0.307 e. The number of ketones is 2. The zero-order valence-corrected chi connectivity index (χ0v) is 21.0. The van der Waals surface area contributed by atoms with E-state index in [1.165, 1.54) is 6.92 Å². The lowest BCUT2D eigenvalue weighted by Gasteiger charge is -2.24. The molecule has 1 aromatic carbocycles. The van der Waals surface area contributed by atoms with Crippen LogP contribution in [0.3, 0.4) is 0 Å². The lowest BCUT2D eigenvalue weighted by atomic mass is 9.84. The number of carbonyl (C=O) groups excluding carboxylic acids is 3. The minimum Gasteiger partial charge on any atom is -0.461 e. The molecule has 0 bridgehead atoms. The molecule has 1 aromatic rings. The monoisotopic (exact) mass is 494 g/mol. The normalized spacial score (nSPS) is 21.2. The molecular formula is C28H40F2O5. The molecule has 1 aliphatic carbocycles. The van der Waals surface area contributed by atoms with Crippen molar-refractivity contribution in [2.75, 3.05) is 0 Å². The van der Waals surface area contributed by atoms with Gasteiger partial charge in [-0.2, -0.15) is 8.78 Å². The predicted molar refractivity (Wildman–Crippen MR) is 130 cm³/mol. The third kappa shape index (κ3) is 9.10. The molecule has 0 unspecified atom stereocenters. The molecular weight excluding hydrogens is 454 g/mol. The highest BCUT2D eigenvalue weighted by atomic mass is 19.3. The summed E-state index contributed by atoms with van der Waals surface area (Å²) in [7, 11) is 0. The van der Waals surface area contributed by atoms with Crippen molar-refractivity contribution in [3.8, 4) is 0 Å². The molecule has 0 amide bonds. The van der Waals surface area contributed by atoms with Crippen molar-refractivity contribution in [1.29, 1.82) is 0 Å². The average Bonchev–Trinajstić information content (AvgIpc) is 3.10. The molecule has 1 fully saturated rings. The van der Waals surface area contributed by atoms with Crippen LogP contribution in [0.25, 0.3) is 0 Å². The summed E-state index contributed by atoms with van der Waals surface area (Å²) < 4.78 is 33.9. The summed E-state index contributed by atoms with van der Waals surface area (Å²) >= 11 is 0. The summed E-state index contributed by atoms with van der Waals surface area (Å²) in [6, 6.07) is 9.49. The summed E-state index contributed by atoms with van der Waals surface area (Å²) in [4.78, 5) is 36.4. The summed E-state index contributed by atoms with van der Waals surface area (Å²) in [6.07, 6.45) is 3.77. The lowest BCUT2D eigenvalue weighted by Crippen LogP contribution is -2.36. The molecule has 7 heteroatoms. The van der Waals surface area contributed by atoms with Crippen LogP contribution < -0.4 is 0 Å². The number of ether oxygens (including phenoxy) is 1. The molecule has 4 atom stereocenters. The number of rotatable bonds is 16. The van der Waals surface area contributed by atoms with Gasteiger partial charge in [0.05, 0.1) is 6.10 Å². The zero-order chi connectivity index (χ0) is 25.8. The molecule has 1 aliphatic rings. The minimum atomic E-state index is -3.37. The van der Waals surface area contributed by atoms with Crippen molar-refractivity contribution in [3.05, 3.63) is 35.9 Å². The molecule has 2 rings (SSSR count). The minimum absolute atomic E-state index is 0.0272. The number of benzene rings is 1. The number of aliphatic hydroxyl groups excluding tert-OH is 1. The van der Waals surface area contributed by atoms with Crippen molar-refractivity contribution in [3.63, 3.8) is 0 Å². The fraction of sp³-hybridized carbons (Fsp3) is 0.679. The highest BCUT2D eigenvalue weighted by Crippen LogP contribution is 2.38. The van der Waals surface area contributed by atoms with E-state index >= 15 is 0 Å². The molecule has 0 spiro atoms. The van der Waals surface area contributed by atoms with Gasteiger partial charge in [-0.1, -0.05) is 69.9 Å². The fourth-order valence-corrected chi connectivity index (χ4v) is 4.94. The van der Waals surface area contributed by atoms with Crippen molar-refractivity contribution < 1.29 is 33.0 Å². The number of Topliss-reactive ketones (excluding diaryl/α,β-unsaturated/α-hetero) is 2. The quantitative estimate of drug-likeness (QED) is 0.223. The Labute approximate surface area is 207 Å². The highest BCUT2D eigenvalue weighted by molar-refractivity contribution is 5.87. The van der Waals surface area contributed by atoms with Gasteiger partial charge in [-0.3, -0.25) is 14.4 Å². The second-order valence-electron chi connectivity index (χ2n) is 9.88. The third-order valence-electron chi connectivity index (χ3n) is 7.14. The van der Waals surface area contributed by atoms with E-state index < -0.39 is 35.6 Å². The van der Waals surface area contributed by atoms with Crippen LogP contribution in [0.5, 0.6) is 0 Å². The molecule has 196 valence electrons. The van der Waals surface area contributed by atoms with E-state index in [1.54, 1.807) is 6.92 Å². The first kappa shape index (κ1) is 29.1. The Hall–Kier alpha value is -2.15. The zero-order valence-electron chi connectivity index (χ0n) is 21.0. The number of alkyl halides is 2. The number of esters is 1. The second kappa shape index (κ2) is 14.4. The SMILES string of the molecule is CCC[C@@H](C)C(F)(F)C(=O)CC[C@H]1[C@H](O)CC(=O)[C@@H]1CCCCCCC(=O)OCc1ccccc1. The van der Waals surface area contributed by atoms with Crippen LogP contribution in [-0.2, 0) is 25.7 Å². The molecule has 0 aliphatic heterocycles. The van der Waals surface area contributed by atoms with Gasteiger partial charge in [0.25, 0.3) is 0 Å². The number of hydrogen-bond acceptors (Lipinski definition) is 5. The van der Waals surface area contributed by atoms with Crippen molar-refractivity contribution in [2.45, 2.75) is 103 Å². The van der Waals surface area contributed by atoms with Crippen molar-refractivity contribution in [1.82, 2.24) is 0 Å². The smallest absolute Gasteiger partial charge is 0.307 e. The highest BCUT2D eigenvalue weighted by Gasteiger charge is 2.45. The van der Waals surface area contributed by atoms with E-state index in [4.69, 9.17) is 4.74 Å². The number of halogens is 2. The number of aliphatic hydroxyl groups is 1. The first-order valence-corrected chi connectivity index (χ1v) is 13.0. The second-order valence-corrected chi connectivity index (χ2v) is 9.88. The number of unbranched alkanes of at least 4 members (excludes halogenated alkanes) is 3. The van der Waals surface area contributed by atoms with Crippen LogP contribution in [0, 0.1) is 17.8 Å². The van der Waals surface area contributed by atoms with Crippen LogP contribution in [-0.4, -0.2) is 34.7 Å². The Morgan fingerprint density at radius 3 is 2.46 bits per heavy atom.